The topological polar surface area (TPSA) is 46.2 Å². The van der Waals surface area contributed by atoms with E-state index in [1.807, 2.05) is 31.2 Å². The molecule has 0 aromatic heterocycles. The van der Waals surface area contributed by atoms with Gasteiger partial charge in [0.25, 0.3) is 0 Å². The van der Waals surface area contributed by atoms with E-state index in [2.05, 4.69) is 11.4 Å². The van der Waals surface area contributed by atoms with E-state index >= 15 is 0 Å². The second-order valence-electron chi connectivity index (χ2n) is 5.95. The van der Waals surface area contributed by atoms with Crippen molar-refractivity contribution in [3.05, 3.63) is 47.0 Å². The van der Waals surface area contributed by atoms with Crippen molar-refractivity contribution in [1.29, 1.82) is 0 Å². The van der Waals surface area contributed by atoms with E-state index in [1.165, 1.54) is 31.3 Å². The van der Waals surface area contributed by atoms with Crippen LogP contribution in [0, 0.1) is 6.92 Å². The van der Waals surface area contributed by atoms with E-state index in [4.69, 9.17) is 0 Å². The Labute approximate surface area is 132 Å². The first kappa shape index (κ1) is 16.5. The maximum absolute atomic E-state index is 12.1. The van der Waals surface area contributed by atoms with Crippen LogP contribution in [0.5, 0.6) is 0 Å². The molecule has 1 N–H and O–H groups in total. The summed E-state index contributed by atoms with van der Waals surface area (Å²) >= 11 is 0. The summed E-state index contributed by atoms with van der Waals surface area (Å²) in [5.41, 5.74) is 3.15. The van der Waals surface area contributed by atoms with Crippen molar-refractivity contribution in [2.75, 3.05) is 6.54 Å². The summed E-state index contributed by atoms with van der Waals surface area (Å²) in [6.07, 6.45) is 8.69. The van der Waals surface area contributed by atoms with Crippen LogP contribution in [0.1, 0.15) is 60.9 Å². The molecule has 0 spiro atoms. The lowest BCUT2D eigenvalue weighted by molar-refractivity contribution is -0.121. The summed E-state index contributed by atoms with van der Waals surface area (Å²) in [4.78, 5) is 23.9. The van der Waals surface area contributed by atoms with Gasteiger partial charge >= 0.3 is 0 Å². The molecule has 1 aliphatic rings. The molecule has 2 rings (SSSR count). The maximum Gasteiger partial charge on any atom is 0.220 e. The fourth-order valence-electron chi connectivity index (χ4n) is 2.83. The van der Waals surface area contributed by atoms with E-state index in [-0.39, 0.29) is 24.5 Å². The predicted molar refractivity (Wildman–Crippen MR) is 88.9 cm³/mol. The lowest BCUT2D eigenvalue weighted by atomic mass is 9.97. The van der Waals surface area contributed by atoms with Crippen molar-refractivity contribution >= 4 is 11.7 Å². The number of rotatable bonds is 7. The van der Waals surface area contributed by atoms with Crippen LogP contribution in [0.3, 0.4) is 0 Å². The van der Waals surface area contributed by atoms with E-state index in [9.17, 15) is 9.59 Å². The number of nitrogens with one attached hydrogen (secondary N) is 1. The van der Waals surface area contributed by atoms with Crippen LogP contribution in [0.4, 0.5) is 0 Å². The fourth-order valence-corrected chi connectivity index (χ4v) is 2.83. The van der Waals surface area contributed by atoms with E-state index in [1.54, 1.807) is 0 Å². The van der Waals surface area contributed by atoms with Crippen molar-refractivity contribution in [2.24, 2.45) is 0 Å². The lowest BCUT2D eigenvalue weighted by Gasteiger charge is -2.12. The van der Waals surface area contributed by atoms with Crippen LogP contribution < -0.4 is 5.32 Å². The Morgan fingerprint density at radius 1 is 1.14 bits per heavy atom. The van der Waals surface area contributed by atoms with Gasteiger partial charge in [0, 0.05) is 24.9 Å². The maximum atomic E-state index is 12.1. The van der Waals surface area contributed by atoms with Gasteiger partial charge in [0.05, 0.1) is 0 Å². The highest BCUT2D eigenvalue weighted by Gasteiger charge is 2.11. The van der Waals surface area contributed by atoms with Gasteiger partial charge in [0.2, 0.25) is 5.91 Å². The molecule has 0 saturated carbocycles. The minimum Gasteiger partial charge on any atom is -0.356 e. The molecule has 0 bridgehead atoms. The average Bonchev–Trinajstić information content (AvgIpc) is 2.54. The third-order valence-electron chi connectivity index (χ3n) is 4.18. The Kier molecular flexibility index (Phi) is 6.38. The van der Waals surface area contributed by atoms with Crippen molar-refractivity contribution in [3.63, 3.8) is 0 Å². The van der Waals surface area contributed by atoms with Gasteiger partial charge < -0.3 is 5.32 Å². The molecule has 0 aliphatic heterocycles. The van der Waals surface area contributed by atoms with Gasteiger partial charge in [-0.15, -0.1) is 0 Å². The second-order valence-corrected chi connectivity index (χ2v) is 5.95. The predicted octanol–water partition coefficient (Wildman–Crippen LogP) is 3.96. The molecular formula is C19H25NO2. The normalized spacial score (nSPS) is 14.3. The summed E-state index contributed by atoms with van der Waals surface area (Å²) in [6.45, 7) is 2.61. The minimum absolute atomic E-state index is 0.0293. The average molecular weight is 299 g/mol. The molecular weight excluding hydrogens is 274 g/mol. The number of benzene rings is 1. The van der Waals surface area contributed by atoms with Crippen molar-refractivity contribution in [3.8, 4) is 0 Å². The van der Waals surface area contributed by atoms with Crippen molar-refractivity contribution < 1.29 is 9.59 Å². The first-order chi connectivity index (χ1) is 10.7. The molecule has 0 unspecified atom stereocenters. The van der Waals surface area contributed by atoms with Crippen molar-refractivity contribution in [1.82, 2.24) is 5.32 Å². The van der Waals surface area contributed by atoms with E-state index < -0.39 is 0 Å². The molecule has 0 radical (unpaired) electrons. The molecule has 1 aromatic carbocycles. The van der Waals surface area contributed by atoms with Crippen LogP contribution in [-0.2, 0) is 4.79 Å². The Morgan fingerprint density at radius 3 is 2.68 bits per heavy atom. The first-order valence-electron chi connectivity index (χ1n) is 8.20. The summed E-state index contributed by atoms with van der Waals surface area (Å²) in [5.74, 6) is 0.0154. The zero-order chi connectivity index (χ0) is 15.8. The summed E-state index contributed by atoms with van der Waals surface area (Å²) in [7, 11) is 0. The Hall–Kier alpha value is -1.90. The molecule has 1 aliphatic carbocycles. The summed E-state index contributed by atoms with van der Waals surface area (Å²) in [6, 6.07) is 7.52. The van der Waals surface area contributed by atoms with Gasteiger partial charge in [-0.05, 0) is 44.6 Å². The standard InChI is InChI=1S/C19H25NO2/c1-15-7-5-6-10-17(15)18(21)11-12-19(22)20-14-13-16-8-3-2-4-9-16/h5-8,10H,2-4,9,11-14H2,1H3,(H,20,22). The van der Waals surface area contributed by atoms with Crippen molar-refractivity contribution in [2.45, 2.75) is 51.9 Å². The molecule has 1 amide bonds. The van der Waals surface area contributed by atoms with Crippen LogP contribution in [0.2, 0.25) is 0 Å². The third-order valence-corrected chi connectivity index (χ3v) is 4.18. The molecule has 3 heteroatoms. The zero-order valence-corrected chi connectivity index (χ0v) is 13.4. The number of ketones is 1. The summed E-state index contributed by atoms with van der Waals surface area (Å²) < 4.78 is 0. The quantitative estimate of drug-likeness (QED) is 0.612. The number of aryl methyl sites for hydroxylation is 1. The lowest BCUT2D eigenvalue weighted by Crippen LogP contribution is -2.25. The Morgan fingerprint density at radius 2 is 1.95 bits per heavy atom. The smallest absolute Gasteiger partial charge is 0.220 e. The molecule has 0 atom stereocenters. The van der Waals surface area contributed by atoms with Gasteiger partial charge in [-0.3, -0.25) is 9.59 Å². The number of carbonyl (C=O) groups is 2. The number of allylic oxidation sites excluding steroid dienone is 1. The molecule has 118 valence electrons. The van der Waals surface area contributed by atoms with Gasteiger partial charge in [0.1, 0.15) is 0 Å². The number of carbonyl (C=O) groups excluding carboxylic acids is 2. The molecule has 0 saturated heterocycles. The summed E-state index contributed by atoms with van der Waals surface area (Å²) in [5, 5.41) is 2.92. The molecule has 22 heavy (non-hydrogen) atoms. The fraction of sp³-hybridized carbons (Fsp3) is 0.474. The van der Waals surface area contributed by atoms with Gasteiger partial charge in [0.15, 0.2) is 5.78 Å². The van der Waals surface area contributed by atoms with E-state index in [0.29, 0.717) is 6.54 Å². The van der Waals surface area contributed by atoms with Crippen LogP contribution in [-0.4, -0.2) is 18.2 Å². The number of Topliss-reactive ketones (excluding diaryl/α,β-unsaturated/α-hetero) is 1. The Bertz CT molecular complexity index is 560. The zero-order valence-electron chi connectivity index (χ0n) is 13.4. The highest BCUT2D eigenvalue weighted by Crippen LogP contribution is 2.19. The molecule has 3 nitrogen and oxygen atoms in total. The monoisotopic (exact) mass is 299 g/mol. The van der Waals surface area contributed by atoms with Gasteiger partial charge in [-0.25, -0.2) is 0 Å². The third kappa shape index (κ3) is 5.14. The molecule has 1 aromatic rings. The minimum atomic E-state index is -0.0293. The van der Waals surface area contributed by atoms with Crippen LogP contribution >= 0.6 is 0 Å². The highest BCUT2D eigenvalue weighted by atomic mass is 16.2. The largest absolute Gasteiger partial charge is 0.356 e. The number of amides is 1. The van der Waals surface area contributed by atoms with Gasteiger partial charge in [-0.2, -0.15) is 0 Å². The SMILES string of the molecule is Cc1ccccc1C(=O)CCC(=O)NCCC1=CCCCC1. The van der Waals surface area contributed by atoms with Gasteiger partial charge in [-0.1, -0.05) is 35.9 Å². The number of hydrogen-bond donors (Lipinski definition) is 1. The second kappa shape index (κ2) is 8.52. The van der Waals surface area contributed by atoms with E-state index in [0.717, 1.165) is 17.5 Å². The number of hydrogen-bond acceptors (Lipinski definition) is 2. The van der Waals surface area contributed by atoms with Crippen LogP contribution in [0.15, 0.2) is 35.9 Å². The highest BCUT2D eigenvalue weighted by molar-refractivity contribution is 5.99. The first-order valence-corrected chi connectivity index (χ1v) is 8.20. The molecule has 0 fully saturated rings. The van der Waals surface area contributed by atoms with Crippen LogP contribution in [0.25, 0.3) is 0 Å². The Balaban J connectivity index is 1.68. The molecule has 0 heterocycles.